The molecule has 3 N–H and O–H groups in total. The smallest absolute Gasteiger partial charge is 0.181 e. The molecule has 1 heterocycles. The molecule has 4 nitrogen and oxygen atoms in total. The van der Waals surface area contributed by atoms with Crippen LogP contribution in [-0.2, 0) is 0 Å². The van der Waals surface area contributed by atoms with Crippen molar-refractivity contribution in [1.82, 2.24) is 4.98 Å². The molecule has 0 amide bonds. The summed E-state index contributed by atoms with van der Waals surface area (Å²) in [5.41, 5.74) is 7.99. The average molecular weight is 257 g/mol. The number of hydrogen-bond donors (Lipinski definition) is 2. The highest BCUT2D eigenvalue weighted by Gasteiger charge is 2.25. The molecule has 100 valence electrons. The summed E-state index contributed by atoms with van der Waals surface area (Å²) >= 11 is 0. The monoisotopic (exact) mass is 257 g/mol. The fourth-order valence-electron chi connectivity index (χ4n) is 2.84. The molecule has 1 aromatic carbocycles. The van der Waals surface area contributed by atoms with Crippen LogP contribution in [0.4, 0.5) is 5.69 Å². The third kappa shape index (κ3) is 2.63. The molecule has 19 heavy (non-hydrogen) atoms. The molecule has 0 spiro atoms. The number of rotatable bonds is 4. The van der Waals surface area contributed by atoms with Gasteiger partial charge in [0.2, 0.25) is 0 Å². The summed E-state index contributed by atoms with van der Waals surface area (Å²) in [6, 6.07) is 8.75. The first-order chi connectivity index (χ1) is 9.36. The Morgan fingerprint density at radius 2 is 2.32 bits per heavy atom. The maximum absolute atomic E-state index is 5.82. The van der Waals surface area contributed by atoms with Crippen molar-refractivity contribution < 1.29 is 4.42 Å². The zero-order valence-corrected chi connectivity index (χ0v) is 10.9. The standard InChI is InChI=1S/C15H19N3O/c16-8-12-4-2-6-14(12)18-13-5-1-3-11(7-13)15-9-17-10-19-15/h1,3,5,7,9-10,12,14,18H,2,4,6,8,16H2. The van der Waals surface area contributed by atoms with Crippen molar-refractivity contribution in [2.24, 2.45) is 11.7 Å². The molecule has 0 radical (unpaired) electrons. The zero-order chi connectivity index (χ0) is 13.1. The lowest BCUT2D eigenvalue weighted by molar-refractivity contribution is 0.516. The Hall–Kier alpha value is -1.81. The van der Waals surface area contributed by atoms with Crippen molar-refractivity contribution in [2.75, 3.05) is 11.9 Å². The average Bonchev–Trinajstić information content (AvgIpc) is 3.10. The van der Waals surface area contributed by atoms with Crippen LogP contribution in [0.5, 0.6) is 0 Å². The summed E-state index contributed by atoms with van der Waals surface area (Å²) in [5.74, 6) is 1.39. The van der Waals surface area contributed by atoms with Crippen molar-refractivity contribution >= 4 is 5.69 Å². The molecule has 0 saturated heterocycles. The third-order valence-electron chi connectivity index (χ3n) is 3.89. The van der Waals surface area contributed by atoms with Crippen LogP contribution in [0.25, 0.3) is 11.3 Å². The Morgan fingerprint density at radius 1 is 1.37 bits per heavy atom. The molecule has 1 saturated carbocycles. The van der Waals surface area contributed by atoms with Crippen molar-refractivity contribution in [3.63, 3.8) is 0 Å². The van der Waals surface area contributed by atoms with Gasteiger partial charge < -0.3 is 15.5 Å². The number of nitrogens with one attached hydrogen (secondary N) is 1. The van der Waals surface area contributed by atoms with Gasteiger partial charge in [-0.2, -0.15) is 0 Å². The second kappa shape index (κ2) is 5.45. The van der Waals surface area contributed by atoms with E-state index >= 15 is 0 Å². The van der Waals surface area contributed by atoms with Gasteiger partial charge in [0, 0.05) is 17.3 Å². The zero-order valence-electron chi connectivity index (χ0n) is 10.9. The van der Waals surface area contributed by atoms with Crippen LogP contribution in [0.2, 0.25) is 0 Å². The first kappa shape index (κ1) is 12.2. The van der Waals surface area contributed by atoms with Crippen molar-refractivity contribution in [2.45, 2.75) is 25.3 Å². The molecule has 1 fully saturated rings. The summed E-state index contributed by atoms with van der Waals surface area (Å²) in [6.07, 6.45) is 6.89. The summed E-state index contributed by atoms with van der Waals surface area (Å²) in [5, 5.41) is 3.60. The van der Waals surface area contributed by atoms with E-state index in [2.05, 4.69) is 22.4 Å². The van der Waals surface area contributed by atoms with Gasteiger partial charge in [-0.05, 0) is 37.4 Å². The van der Waals surface area contributed by atoms with Crippen molar-refractivity contribution in [3.8, 4) is 11.3 Å². The van der Waals surface area contributed by atoms with Gasteiger partial charge in [0.15, 0.2) is 12.2 Å². The number of nitrogens with two attached hydrogens (primary N) is 1. The second-order valence-corrected chi connectivity index (χ2v) is 5.12. The van der Waals surface area contributed by atoms with E-state index in [-0.39, 0.29) is 0 Å². The van der Waals surface area contributed by atoms with Gasteiger partial charge in [-0.3, -0.25) is 0 Å². The highest BCUT2D eigenvalue weighted by Crippen LogP contribution is 2.29. The lowest BCUT2D eigenvalue weighted by Crippen LogP contribution is -2.29. The minimum absolute atomic E-state index is 0.495. The fourth-order valence-corrected chi connectivity index (χ4v) is 2.84. The second-order valence-electron chi connectivity index (χ2n) is 5.12. The van der Waals surface area contributed by atoms with Crippen LogP contribution in [0.15, 0.2) is 41.3 Å². The Labute approximate surface area is 113 Å². The molecule has 1 aromatic heterocycles. The number of aromatic nitrogens is 1. The van der Waals surface area contributed by atoms with Gasteiger partial charge in [-0.15, -0.1) is 0 Å². The van der Waals surface area contributed by atoms with E-state index in [1.165, 1.54) is 25.7 Å². The molecule has 4 heteroatoms. The van der Waals surface area contributed by atoms with E-state index in [1.807, 2.05) is 12.1 Å². The third-order valence-corrected chi connectivity index (χ3v) is 3.89. The van der Waals surface area contributed by atoms with Gasteiger partial charge in [-0.25, -0.2) is 4.98 Å². The van der Waals surface area contributed by atoms with E-state index in [1.54, 1.807) is 6.20 Å². The van der Waals surface area contributed by atoms with Crippen molar-refractivity contribution in [3.05, 3.63) is 36.9 Å². The van der Waals surface area contributed by atoms with E-state index in [9.17, 15) is 0 Å². The Morgan fingerprint density at radius 3 is 3.11 bits per heavy atom. The molecule has 2 atom stereocenters. The number of oxazole rings is 1. The van der Waals surface area contributed by atoms with E-state index in [0.717, 1.165) is 23.6 Å². The number of nitrogens with zero attached hydrogens (tertiary/aromatic N) is 1. The van der Waals surface area contributed by atoms with Gasteiger partial charge in [-0.1, -0.05) is 18.6 Å². The van der Waals surface area contributed by atoms with Crippen LogP contribution in [0.3, 0.4) is 0 Å². The van der Waals surface area contributed by atoms with Gasteiger partial charge in [0.05, 0.1) is 6.20 Å². The van der Waals surface area contributed by atoms with Gasteiger partial charge in [0.1, 0.15) is 0 Å². The predicted octanol–water partition coefficient (Wildman–Crippen LogP) is 2.88. The van der Waals surface area contributed by atoms with Crippen LogP contribution < -0.4 is 11.1 Å². The van der Waals surface area contributed by atoms with Crippen LogP contribution in [0, 0.1) is 5.92 Å². The summed E-state index contributed by atoms with van der Waals surface area (Å²) in [4.78, 5) is 3.95. The highest BCUT2D eigenvalue weighted by atomic mass is 16.3. The molecule has 2 aromatic rings. The molecule has 3 rings (SSSR count). The molecule has 0 bridgehead atoms. The highest BCUT2D eigenvalue weighted by molar-refractivity contribution is 5.63. The maximum Gasteiger partial charge on any atom is 0.181 e. The van der Waals surface area contributed by atoms with Crippen LogP contribution in [-0.4, -0.2) is 17.6 Å². The molecular formula is C15H19N3O. The van der Waals surface area contributed by atoms with Crippen LogP contribution in [0.1, 0.15) is 19.3 Å². The molecule has 1 aliphatic carbocycles. The number of anilines is 1. The predicted molar refractivity (Wildman–Crippen MR) is 75.7 cm³/mol. The van der Waals surface area contributed by atoms with E-state index in [0.29, 0.717) is 12.0 Å². The lowest BCUT2D eigenvalue weighted by Gasteiger charge is -2.21. The minimum Gasteiger partial charge on any atom is -0.444 e. The summed E-state index contributed by atoms with van der Waals surface area (Å²) in [6.45, 7) is 0.763. The largest absolute Gasteiger partial charge is 0.444 e. The minimum atomic E-state index is 0.495. The Kier molecular flexibility index (Phi) is 3.51. The van der Waals surface area contributed by atoms with E-state index < -0.39 is 0 Å². The molecule has 2 unspecified atom stereocenters. The lowest BCUT2D eigenvalue weighted by atomic mass is 10.0. The fraction of sp³-hybridized carbons (Fsp3) is 0.400. The first-order valence-electron chi connectivity index (χ1n) is 6.82. The summed E-state index contributed by atoms with van der Waals surface area (Å²) in [7, 11) is 0. The number of benzene rings is 1. The Bertz CT molecular complexity index is 524. The Balaban J connectivity index is 1.76. The van der Waals surface area contributed by atoms with Gasteiger partial charge >= 0.3 is 0 Å². The van der Waals surface area contributed by atoms with E-state index in [4.69, 9.17) is 10.2 Å². The van der Waals surface area contributed by atoms with Gasteiger partial charge in [0.25, 0.3) is 0 Å². The molecular weight excluding hydrogens is 238 g/mol. The quantitative estimate of drug-likeness (QED) is 0.884. The van der Waals surface area contributed by atoms with Crippen LogP contribution >= 0.6 is 0 Å². The SMILES string of the molecule is NCC1CCCC1Nc1cccc(-c2cnco2)c1. The van der Waals surface area contributed by atoms with Crippen molar-refractivity contribution in [1.29, 1.82) is 0 Å². The molecule has 1 aliphatic rings. The molecule has 0 aliphatic heterocycles. The summed E-state index contributed by atoms with van der Waals surface area (Å²) < 4.78 is 5.33. The first-order valence-corrected chi connectivity index (χ1v) is 6.82. The number of hydrogen-bond acceptors (Lipinski definition) is 4. The normalized spacial score (nSPS) is 22.6. The topological polar surface area (TPSA) is 64.1 Å². The maximum atomic E-state index is 5.82.